The van der Waals surface area contributed by atoms with Gasteiger partial charge >= 0.3 is 0 Å². The third-order valence-corrected chi connectivity index (χ3v) is 4.34. The Hall–Kier alpha value is -1.74. The maximum Gasteiger partial charge on any atom is 0.134 e. The largest absolute Gasteiger partial charge is 0.460 e. The van der Waals surface area contributed by atoms with E-state index < -0.39 is 0 Å². The van der Waals surface area contributed by atoms with Crippen molar-refractivity contribution in [2.45, 2.75) is 32.4 Å². The molecule has 1 heterocycles. The van der Waals surface area contributed by atoms with Crippen LogP contribution in [0.25, 0.3) is 11.3 Å². The Morgan fingerprint density at radius 3 is 2.56 bits per heavy atom. The number of hydrogen-bond donors (Lipinski definition) is 1. The predicted molar refractivity (Wildman–Crippen MR) is 107 cm³/mol. The molecule has 0 bridgehead atoms. The van der Waals surface area contributed by atoms with Crippen molar-refractivity contribution in [3.63, 3.8) is 0 Å². The van der Waals surface area contributed by atoms with Crippen molar-refractivity contribution in [3.8, 4) is 11.3 Å². The quantitative estimate of drug-likeness (QED) is 0.536. The van der Waals surface area contributed by atoms with Crippen LogP contribution in [0, 0.1) is 0 Å². The van der Waals surface area contributed by atoms with Crippen molar-refractivity contribution in [2.75, 3.05) is 0 Å². The molecule has 2 aromatic carbocycles. The van der Waals surface area contributed by atoms with Gasteiger partial charge in [-0.05, 0) is 49.6 Å². The first-order chi connectivity index (χ1) is 11.7. The van der Waals surface area contributed by atoms with E-state index >= 15 is 0 Å². The van der Waals surface area contributed by atoms with Gasteiger partial charge in [-0.3, -0.25) is 0 Å². The van der Waals surface area contributed by atoms with Crippen molar-refractivity contribution in [1.29, 1.82) is 0 Å². The highest BCUT2D eigenvalue weighted by Gasteiger charge is 2.07. The highest BCUT2D eigenvalue weighted by atomic mass is 35.5. The molecule has 1 N–H and O–H groups in total. The molecule has 1 aromatic heterocycles. The summed E-state index contributed by atoms with van der Waals surface area (Å²) < 4.78 is 5.92. The number of furan rings is 1. The summed E-state index contributed by atoms with van der Waals surface area (Å²) in [6.45, 7) is 2.94. The van der Waals surface area contributed by atoms with Crippen LogP contribution in [0.4, 0.5) is 0 Å². The lowest BCUT2D eigenvalue weighted by Crippen LogP contribution is -2.25. The van der Waals surface area contributed by atoms with Gasteiger partial charge in [-0.15, -0.1) is 12.4 Å². The summed E-state index contributed by atoms with van der Waals surface area (Å²) in [5, 5.41) is 4.25. The summed E-state index contributed by atoms with van der Waals surface area (Å²) in [5.41, 5.74) is 2.39. The van der Waals surface area contributed by atoms with Crippen molar-refractivity contribution < 1.29 is 4.42 Å². The lowest BCUT2D eigenvalue weighted by molar-refractivity contribution is 0.449. The van der Waals surface area contributed by atoms with Crippen LogP contribution in [0.1, 0.15) is 24.7 Å². The third-order valence-electron chi connectivity index (χ3n) is 4.10. The van der Waals surface area contributed by atoms with Crippen molar-refractivity contribution in [2.24, 2.45) is 0 Å². The van der Waals surface area contributed by atoms with E-state index in [4.69, 9.17) is 16.0 Å². The van der Waals surface area contributed by atoms with E-state index in [0.29, 0.717) is 6.04 Å². The Labute approximate surface area is 160 Å². The molecule has 0 aliphatic carbocycles. The summed E-state index contributed by atoms with van der Waals surface area (Å²) >= 11 is 6.04. The number of aryl methyl sites for hydroxylation is 1. The van der Waals surface area contributed by atoms with Gasteiger partial charge in [0.05, 0.1) is 6.54 Å². The van der Waals surface area contributed by atoms with Gasteiger partial charge in [-0.2, -0.15) is 0 Å². The van der Waals surface area contributed by atoms with Crippen LogP contribution in [0.3, 0.4) is 0 Å². The van der Waals surface area contributed by atoms with Crippen LogP contribution in [0.2, 0.25) is 5.02 Å². The molecule has 0 aliphatic heterocycles. The normalized spacial score (nSPS) is 11.8. The van der Waals surface area contributed by atoms with E-state index in [-0.39, 0.29) is 12.4 Å². The van der Waals surface area contributed by atoms with Crippen molar-refractivity contribution >= 4 is 24.0 Å². The molecule has 0 fully saturated rings. The Kier molecular flexibility index (Phi) is 7.57. The van der Waals surface area contributed by atoms with E-state index in [9.17, 15) is 0 Å². The first kappa shape index (κ1) is 19.6. The fourth-order valence-corrected chi connectivity index (χ4v) is 2.86. The number of benzene rings is 2. The molecule has 0 aliphatic rings. The predicted octanol–water partition coefficient (Wildman–Crippen LogP) is 6.13. The second kappa shape index (κ2) is 9.67. The van der Waals surface area contributed by atoms with Crippen LogP contribution in [-0.2, 0) is 13.0 Å². The molecule has 132 valence electrons. The monoisotopic (exact) mass is 375 g/mol. The summed E-state index contributed by atoms with van der Waals surface area (Å²) in [4.78, 5) is 0. The van der Waals surface area contributed by atoms with Crippen molar-refractivity contribution in [3.05, 3.63) is 83.1 Å². The van der Waals surface area contributed by atoms with Gasteiger partial charge in [-0.1, -0.05) is 54.1 Å². The van der Waals surface area contributed by atoms with Gasteiger partial charge in [0.1, 0.15) is 11.5 Å². The van der Waals surface area contributed by atoms with Gasteiger partial charge < -0.3 is 9.73 Å². The SMILES string of the molecule is CC(CCc1ccccc1)NCc1ccc(-c2cccc(Cl)c2)o1.Cl. The Morgan fingerprint density at radius 1 is 1.00 bits per heavy atom. The zero-order valence-corrected chi connectivity index (χ0v) is 15.8. The molecule has 3 aromatic rings. The molecular weight excluding hydrogens is 353 g/mol. The lowest BCUT2D eigenvalue weighted by atomic mass is 10.1. The maximum absolute atomic E-state index is 6.04. The molecule has 4 heteroatoms. The average molecular weight is 376 g/mol. The zero-order chi connectivity index (χ0) is 16.8. The number of hydrogen-bond acceptors (Lipinski definition) is 2. The van der Waals surface area contributed by atoms with E-state index in [2.05, 4.69) is 42.6 Å². The fourth-order valence-electron chi connectivity index (χ4n) is 2.67. The van der Waals surface area contributed by atoms with E-state index in [1.165, 1.54) is 5.56 Å². The van der Waals surface area contributed by atoms with Gasteiger partial charge in [0.25, 0.3) is 0 Å². The third kappa shape index (κ3) is 5.93. The van der Waals surface area contributed by atoms with E-state index in [1.54, 1.807) is 0 Å². The van der Waals surface area contributed by atoms with Gasteiger partial charge in [0.2, 0.25) is 0 Å². The van der Waals surface area contributed by atoms with Gasteiger partial charge in [0, 0.05) is 16.6 Å². The van der Waals surface area contributed by atoms with E-state index in [0.717, 1.165) is 41.5 Å². The van der Waals surface area contributed by atoms with Gasteiger partial charge in [0.15, 0.2) is 0 Å². The van der Waals surface area contributed by atoms with E-state index in [1.807, 2.05) is 36.4 Å². The van der Waals surface area contributed by atoms with Crippen LogP contribution in [0.5, 0.6) is 0 Å². The highest BCUT2D eigenvalue weighted by Crippen LogP contribution is 2.24. The minimum atomic E-state index is 0. The summed E-state index contributed by atoms with van der Waals surface area (Å²) in [5.74, 6) is 1.79. The fraction of sp³-hybridized carbons (Fsp3) is 0.238. The molecule has 25 heavy (non-hydrogen) atoms. The minimum absolute atomic E-state index is 0. The standard InChI is InChI=1S/C21H22ClNO.ClH/c1-16(10-11-17-6-3-2-4-7-17)23-15-20-12-13-21(24-20)18-8-5-9-19(22)14-18;/h2-9,12-14,16,23H,10-11,15H2,1H3;1H. The molecule has 0 amide bonds. The summed E-state index contributed by atoms with van der Waals surface area (Å²) in [6, 6.07) is 22.8. The topological polar surface area (TPSA) is 25.2 Å². The Bertz CT molecular complexity index is 770. The molecule has 3 rings (SSSR count). The Morgan fingerprint density at radius 2 is 1.80 bits per heavy atom. The minimum Gasteiger partial charge on any atom is -0.460 e. The molecule has 0 spiro atoms. The average Bonchev–Trinajstić information content (AvgIpc) is 3.08. The zero-order valence-electron chi connectivity index (χ0n) is 14.2. The number of nitrogens with one attached hydrogen (secondary N) is 1. The van der Waals surface area contributed by atoms with Crippen LogP contribution in [-0.4, -0.2) is 6.04 Å². The molecule has 1 atom stereocenters. The van der Waals surface area contributed by atoms with Crippen LogP contribution >= 0.6 is 24.0 Å². The van der Waals surface area contributed by atoms with Crippen LogP contribution < -0.4 is 5.32 Å². The second-order valence-corrected chi connectivity index (χ2v) is 6.52. The summed E-state index contributed by atoms with van der Waals surface area (Å²) in [7, 11) is 0. The molecule has 2 nitrogen and oxygen atoms in total. The first-order valence-corrected chi connectivity index (χ1v) is 8.70. The highest BCUT2D eigenvalue weighted by molar-refractivity contribution is 6.30. The van der Waals surface area contributed by atoms with Crippen molar-refractivity contribution in [1.82, 2.24) is 5.32 Å². The number of rotatable bonds is 7. The molecule has 0 saturated carbocycles. The molecule has 0 radical (unpaired) electrons. The Balaban J connectivity index is 0.00000225. The molecule has 0 saturated heterocycles. The maximum atomic E-state index is 6.04. The lowest BCUT2D eigenvalue weighted by Gasteiger charge is -2.12. The van der Waals surface area contributed by atoms with Gasteiger partial charge in [-0.25, -0.2) is 0 Å². The van der Waals surface area contributed by atoms with Crippen LogP contribution in [0.15, 0.2) is 71.1 Å². The molecule has 1 unspecified atom stereocenters. The first-order valence-electron chi connectivity index (χ1n) is 8.32. The second-order valence-electron chi connectivity index (χ2n) is 6.08. The number of halogens is 2. The summed E-state index contributed by atoms with van der Waals surface area (Å²) in [6.07, 6.45) is 2.19. The smallest absolute Gasteiger partial charge is 0.134 e. The molecular formula is C21H23Cl2NO.